The number of nitrogens with zero attached hydrogens (tertiary/aromatic N) is 1. The lowest BCUT2D eigenvalue weighted by atomic mass is 9.94. The van der Waals surface area contributed by atoms with E-state index in [9.17, 15) is 19.2 Å². The van der Waals surface area contributed by atoms with Gasteiger partial charge >= 0.3 is 6.09 Å². The molecule has 0 spiro atoms. The average Bonchev–Trinajstić information content (AvgIpc) is 2.85. The number of alkyl carbamates (subject to hydrolysis) is 1. The Bertz CT molecular complexity index is 1000. The highest BCUT2D eigenvalue weighted by Crippen LogP contribution is 2.28. The van der Waals surface area contributed by atoms with Crippen molar-refractivity contribution in [1.82, 2.24) is 15.5 Å². The quantitative estimate of drug-likeness (QED) is 0.208. The first-order valence-corrected chi connectivity index (χ1v) is 15.2. The molecule has 0 saturated carbocycles. The van der Waals surface area contributed by atoms with Crippen LogP contribution < -0.4 is 16.4 Å². The van der Waals surface area contributed by atoms with Gasteiger partial charge in [-0.25, -0.2) is 4.79 Å². The molecule has 1 aromatic carbocycles. The van der Waals surface area contributed by atoms with Crippen molar-refractivity contribution in [3.8, 4) is 0 Å². The van der Waals surface area contributed by atoms with Crippen LogP contribution in [0.1, 0.15) is 122 Å². The number of ether oxygens (including phenoxy) is 1. The Morgan fingerprint density at radius 1 is 0.951 bits per heavy atom. The standard InChI is InChI=1S/C32H54N4O5/c1-9-11-12-13-14-15-20-36(30(39)26(21-27(33)37)35-31(40)41-32(6,7)8)28(29(38)34-23(4)17-10-2)25-19-16-18-22(3)24(25)5/h16,18-19,23,26,28H,9-15,17,20-21H2,1-8H3,(H2,33,37)(H,34,38)(H,35,40). The number of carbonyl (C=O) groups excluding carboxylic acids is 4. The third kappa shape index (κ3) is 13.0. The molecule has 0 heterocycles. The number of primary amides is 1. The summed E-state index contributed by atoms with van der Waals surface area (Å²) in [5.74, 6) is -1.59. The molecule has 232 valence electrons. The van der Waals surface area contributed by atoms with Gasteiger partial charge in [-0.3, -0.25) is 14.4 Å². The van der Waals surface area contributed by atoms with Crippen molar-refractivity contribution in [3.63, 3.8) is 0 Å². The minimum absolute atomic E-state index is 0.0904. The van der Waals surface area contributed by atoms with Gasteiger partial charge in [0.25, 0.3) is 0 Å². The first kappa shape index (κ1) is 35.9. The molecule has 3 atom stereocenters. The van der Waals surface area contributed by atoms with E-state index in [1.807, 2.05) is 39.0 Å². The van der Waals surface area contributed by atoms with E-state index in [4.69, 9.17) is 10.5 Å². The molecule has 3 unspecified atom stereocenters. The summed E-state index contributed by atoms with van der Waals surface area (Å²) in [5.41, 5.74) is 7.31. The molecule has 9 heteroatoms. The van der Waals surface area contributed by atoms with Crippen molar-refractivity contribution in [1.29, 1.82) is 0 Å². The van der Waals surface area contributed by atoms with E-state index < -0.39 is 42.0 Å². The van der Waals surface area contributed by atoms with Crippen LogP contribution in [0.3, 0.4) is 0 Å². The third-order valence-corrected chi connectivity index (χ3v) is 7.04. The lowest BCUT2D eigenvalue weighted by Crippen LogP contribution is -2.54. The Hall–Kier alpha value is -3.10. The van der Waals surface area contributed by atoms with Crippen LogP contribution in [-0.2, 0) is 19.1 Å². The molecular weight excluding hydrogens is 520 g/mol. The van der Waals surface area contributed by atoms with E-state index in [1.165, 1.54) is 4.90 Å². The predicted molar refractivity (Wildman–Crippen MR) is 163 cm³/mol. The van der Waals surface area contributed by atoms with Crippen LogP contribution in [0.5, 0.6) is 0 Å². The van der Waals surface area contributed by atoms with E-state index in [1.54, 1.807) is 20.8 Å². The Balaban J connectivity index is 3.56. The molecule has 1 rings (SSSR count). The van der Waals surface area contributed by atoms with Gasteiger partial charge in [0, 0.05) is 12.6 Å². The van der Waals surface area contributed by atoms with Crippen LogP contribution in [0.25, 0.3) is 0 Å². The molecule has 0 aromatic heterocycles. The largest absolute Gasteiger partial charge is 0.444 e. The molecular formula is C32H54N4O5. The van der Waals surface area contributed by atoms with Crippen molar-refractivity contribution >= 4 is 23.8 Å². The summed E-state index contributed by atoms with van der Waals surface area (Å²) in [5, 5.41) is 5.65. The van der Waals surface area contributed by atoms with Crippen LogP contribution in [0.4, 0.5) is 4.79 Å². The number of carbonyl (C=O) groups is 4. The molecule has 0 radical (unpaired) electrons. The summed E-state index contributed by atoms with van der Waals surface area (Å²) in [6.45, 7) is 15.5. The van der Waals surface area contributed by atoms with Crippen LogP contribution in [0, 0.1) is 13.8 Å². The lowest BCUT2D eigenvalue weighted by Gasteiger charge is -2.35. The van der Waals surface area contributed by atoms with Crippen LogP contribution in [0.15, 0.2) is 18.2 Å². The SMILES string of the molecule is CCCCCCCCN(C(=O)C(CC(N)=O)NC(=O)OC(C)(C)C)C(C(=O)NC(C)CCC)c1cccc(C)c1C. The van der Waals surface area contributed by atoms with Crippen molar-refractivity contribution in [3.05, 3.63) is 34.9 Å². The molecule has 4 N–H and O–H groups in total. The lowest BCUT2D eigenvalue weighted by molar-refractivity contribution is -0.143. The highest BCUT2D eigenvalue weighted by molar-refractivity contribution is 5.94. The topological polar surface area (TPSA) is 131 Å². The van der Waals surface area contributed by atoms with E-state index in [0.29, 0.717) is 12.0 Å². The highest BCUT2D eigenvalue weighted by Gasteiger charge is 2.37. The number of hydrogen-bond donors (Lipinski definition) is 3. The zero-order chi connectivity index (χ0) is 31.2. The van der Waals surface area contributed by atoms with Gasteiger partial charge in [0.05, 0.1) is 6.42 Å². The van der Waals surface area contributed by atoms with E-state index in [0.717, 1.165) is 56.1 Å². The van der Waals surface area contributed by atoms with Gasteiger partial charge < -0.3 is 26.0 Å². The number of rotatable bonds is 17. The van der Waals surface area contributed by atoms with E-state index in [-0.39, 0.29) is 18.5 Å². The monoisotopic (exact) mass is 574 g/mol. The third-order valence-electron chi connectivity index (χ3n) is 7.04. The van der Waals surface area contributed by atoms with Crippen molar-refractivity contribution in [2.24, 2.45) is 5.73 Å². The molecule has 1 aromatic rings. The molecule has 0 aliphatic rings. The predicted octanol–water partition coefficient (Wildman–Crippen LogP) is 5.61. The van der Waals surface area contributed by atoms with Crippen molar-refractivity contribution in [2.45, 2.75) is 137 Å². The second kappa shape index (κ2) is 17.7. The van der Waals surface area contributed by atoms with Crippen molar-refractivity contribution in [2.75, 3.05) is 6.54 Å². The summed E-state index contributed by atoms with van der Waals surface area (Å²) in [4.78, 5) is 54.4. The minimum atomic E-state index is -1.28. The Kier molecular flexibility index (Phi) is 15.5. The maximum Gasteiger partial charge on any atom is 0.408 e. The first-order valence-electron chi connectivity index (χ1n) is 15.2. The molecule has 4 amide bonds. The fourth-order valence-corrected chi connectivity index (χ4v) is 4.83. The molecule has 9 nitrogen and oxygen atoms in total. The highest BCUT2D eigenvalue weighted by atomic mass is 16.6. The second-order valence-electron chi connectivity index (χ2n) is 12.1. The summed E-state index contributed by atoms with van der Waals surface area (Å²) in [7, 11) is 0. The zero-order valence-electron chi connectivity index (χ0n) is 26.6. The van der Waals surface area contributed by atoms with Gasteiger partial charge in [-0.1, -0.05) is 70.6 Å². The van der Waals surface area contributed by atoms with Gasteiger partial charge in [-0.15, -0.1) is 0 Å². The molecule has 0 bridgehead atoms. The maximum absolute atomic E-state index is 14.2. The smallest absolute Gasteiger partial charge is 0.408 e. The number of nitrogens with two attached hydrogens (primary N) is 1. The second-order valence-corrected chi connectivity index (χ2v) is 12.1. The fourth-order valence-electron chi connectivity index (χ4n) is 4.83. The van der Waals surface area contributed by atoms with E-state index in [2.05, 4.69) is 24.5 Å². The minimum Gasteiger partial charge on any atom is -0.444 e. The normalized spacial score (nSPS) is 13.6. The Labute approximate surface area is 247 Å². The van der Waals surface area contributed by atoms with E-state index >= 15 is 0 Å². The number of nitrogens with one attached hydrogen (secondary N) is 2. The van der Waals surface area contributed by atoms with Gasteiger partial charge in [-0.2, -0.15) is 0 Å². The number of hydrogen-bond acceptors (Lipinski definition) is 5. The van der Waals surface area contributed by atoms with Crippen LogP contribution in [0.2, 0.25) is 0 Å². The molecule has 0 fully saturated rings. The first-order chi connectivity index (χ1) is 19.2. The average molecular weight is 575 g/mol. The van der Waals surface area contributed by atoms with Crippen LogP contribution >= 0.6 is 0 Å². The van der Waals surface area contributed by atoms with Gasteiger partial charge in [0.1, 0.15) is 17.7 Å². The number of aryl methyl sites for hydroxylation is 1. The summed E-state index contributed by atoms with van der Waals surface area (Å²) < 4.78 is 5.37. The molecule has 0 aliphatic carbocycles. The van der Waals surface area contributed by atoms with Crippen LogP contribution in [-0.4, -0.2) is 52.9 Å². The number of amides is 4. The van der Waals surface area contributed by atoms with Crippen molar-refractivity contribution < 1.29 is 23.9 Å². The molecule has 0 aliphatic heterocycles. The molecule has 0 saturated heterocycles. The Morgan fingerprint density at radius 3 is 2.17 bits per heavy atom. The number of unbranched alkanes of at least 4 members (excludes halogenated alkanes) is 5. The van der Waals surface area contributed by atoms with Gasteiger partial charge in [0.2, 0.25) is 17.7 Å². The maximum atomic E-state index is 14.2. The Morgan fingerprint density at radius 2 is 1.59 bits per heavy atom. The van der Waals surface area contributed by atoms with Gasteiger partial charge in [-0.05, 0) is 71.1 Å². The summed E-state index contributed by atoms with van der Waals surface area (Å²) >= 11 is 0. The fraction of sp³-hybridized carbons (Fsp3) is 0.688. The summed E-state index contributed by atoms with van der Waals surface area (Å²) in [6.07, 6.45) is 6.39. The zero-order valence-corrected chi connectivity index (χ0v) is 26.6. The summed E-state index contributed by atoms with van der Waals surface area (Å²) in [6, 6.07) is 3.38. The van der Waals surface area contributed by atoms with Gasteiger partial charge in [0.15, 0.2) is 0 Å². The number of benzene rings is 1. The molecule has 41 heavy (non-hydrogen) atoms.